The number of nitrogens with one attached hydrogen (secondary N) is 2. The summed E-state index contributed by atoms with van der Waals surface area (Å²) in [5, 5.41) is 6.37. The highest BCUT2D eigenvalue weighted by molar-refractivity contribution is 6.39. The van der Waals surface area contributed by atoms with Crippen molar-refractivity contribution in [3.05, 3.63) is 90.0 Å². The molecule has 2 amide bonds. The Hall–Kier alpha value is -3.93. The van der Waals surface area contributed by atoms with E-state index in [0.717, 1.165) is 17.7 Å². The van der Waals surface area contributed by atoms with E-state index in [1.807, 2.05) is 67.6 Å². The summed E-state index contributed by atoms with van der Waals surface area (Å²) in [6.45, 7) is 2.04. The van der Waals surface area contributed by atoms with Crippen LogP contribution in [0.2, 0.25) is 0 Å². The van der Waals surface area contributed by atoms with E-state index in [1.165, 1.54) is 6.21 Å². The van der Waals surface area contributed by atoms with E-state index in [4.69, 9.17) is 4.74 Å². The Balaban J connectivity index is 1.54. The van der Waals surface area contributed by atoms with Crippen LogP contribution in [0.1, 0.15) is 18.1 Å². The third kappa shape index (κ3) is 6.04. The van der Waals surface area contributed by atoms with Gasteiger partial charge in [0.05, 0.1) is 6.21 Å². The van der Waals surface area contributed by atoms with Gasteiger partial charge in [0.15, 0.2) is 0 Å². The number of nitrogens with zero attached hydrogens (tertiary/aromatic N) is 1. The molecule has 2 N–H and O–H groups in total. The van der Waals surface area contributed by atoms with Gasteiger partial charge in [-0.05, 0) is 53.9 Å². The Morgan fingerprint density at radius 2 is 1.62 bits per heavy atom. The molecule has 0 atom stereocenters. The Morgan fingerprint density at radius 1 is 0.897 bits per heavy atom. The first kappa shape index (κ1) is 19.8. The number of benzene rings is 3. The average molecular weight is 387 g/mol. The van der Waals surface area contributed by atoms with Gasteiger partial charge in [0.1, 0.15) is 11.5 Å². The Morgan fingerprint density at radius 3 is 2.34 bits per heavy atom. The van der Waals surface area contributed by atoms with Crippen molar-refractivity contribution in [3.8, 4) is 11.5 Å². The zero-order valence-corrected chi connectivity index (χ0v) is 16.0. The molecule has 0 radical (unpaired) electrons. The van der Waals surface area contributed by atoms with Crippen LogP contribution in [0.3, 0.4) is 0 Å². The van der Waals surface area contributed by atoms with Gasteiger partial charge in [-0.25, -0.2) is 5.43 Å². The Bertz CT molecular complexity index is 999. The molecule has 29 heavy (non-hydrogen) atoms. The molecule has 0 saturated carbocycles. The van der Waals surface area contributed by atoms with E-state index in [2.05, 4.69) is 15.8 Å². The van der Waals surface area contributed by atoms with E-state index in [0.29, 0.717) is 17.0 Å². The van der Waals surface area contributed by atoms with Crippen molar-refractivity contribution in [2.75, 3.05) is 5.32 Å². The minimum atomic E-state index is -0.850. The molecule has 3 rings (SSSR count). The molecule has 0 fully saturated rings. The first-order chi connectivity index (χ1) is 14.1. The highest BCUT2D eigenvalue weighted by Gasteiger charge is 2.12. The van der Waals surface area contributed by atoms with Crippen molar-refractivity contribution in [3.63, 3.8) is 0 Å². The maximum Gasteiger partial charge on any atom is 0.329 e. The molecule has 146 valence electrons. The number of hydrogen-bond acceptors (Lipinski definition) is 4. The van der Waals surface area contributed by atoms with Crippen molar-refractivity contribution in [1.29, 1.82) is 0 Å². The van der Waals surface area contributed by atoms with Crippen LogP contribution in [0.25, 0.3) is 0 Å². The third-order valence-electron chi connectivity index (χ3n) is 4.04. The summed E-state index contributed by atoms with van der Waals surface area (Å²) in [4.78, 5) is 23.9. The lowest BCUT2D eigenvalue weighted by Gasteiger charge is -2.06. The molecule has 0 aromatic heterocycles. The van der Waals surface area contributed by atoms with Crippen molar-refractivity contribution in [2.24, 2.45) is 5.10 Å². The number of para-hydroxylation sites is 1. The van der Waals surface area contributed by atoms with Gasteiger partial charge in [-0.15, -0.1) is 0 Å². The highest BCUT2D eigenvalue weighted by atomic mass is 16.5. The summed E-state index contributed by atoms with van der Waals surface area (Å²) in [5.74, 6) is -0.275. The summed E-state index contributed by atoms with van der Waals surface area (Å²) >= 11 is 0. The lowest BCUT2D eigenvalue weighted by molar-refractivity contribution is -0.136. The second-order valence-electron chi connectivity index (χ2n) is 6.19. The van der Waals surface area contributed by atoms with Gasteiger partial charge in [-0.1, -0.05) is 49.4 Å². The van der Waals surface area contributed by atoms with Gasteiger partial charge in [0.25, 0.3) is 0 Å². The standard InChI is InChI=1S/C23H21N3O3/c1-2-17-11-13-19(14-12-17)25-22(27)23(28)26-24-16-18-7-6-10-21(15-18)29-20-8-4-3-5-9-20/h3-16H,2H2,1H3,(H,25,27)(H,26,28). The minimum Gasteiger partial charge on any atom is -0.457 e. The molecule has 3 aromatic rings. The molecule has 0 aliphatic heterocycles. The van der Waals surface area contributed by atoms with E-state index in [-0.39, 0.29) is 0 Å². The van der Waals surface area contributed by atoms with Gasteiger partial charge in [0, 0.05) is 5.69 Å². The zero-order valence-electron chi connectivity index (χ0n) is 16.0. The monoisotopic (exact) mass is 387 g/mol. The number of carbonyl (C=O) groups is 2. The number of hydrazone groups is 1. The second kappa shape index (κ2) is 9.85. The Kier molecular flexibility index (Phi) is 6.73. The molecule has 0 aliphatic carbocycles. The van der Waals surface area contributed by atoms with E-state index >= 15 is 0 Å². The van der Waals surface area contributed by atoms with Crippen LogP contribution >= 0.6 is 0 Å². The number of hydrogen-bond donors (Lipinski definition) is 2. The van der Waals surface area contributed by atoms with E-state index in [9.17, 15) is 9.59 Å². The quantitative estimate of drug-likeness (QED) is 0.379. The molecule has 0 unspecified atom stereocenters. The number of ether oxygens (including phenoxy) is 1. The van der Waals surface area contributed by atoms with Crippen molar-refractivity contribution < 1.29 is 14.3 Å². The zero-order chi connectivity index (χ0) is 20.5. The van der Waals surface area contributed by atoms with Crippen molar-refractivity contribution in [1.82, 2.24) is 5.43 Å². The highest BCUT2D eigenvalue weighted by Crippen LogP contribution is 2.21. The van der Waals surface area contributed by atoms with Crippen LogP contribution in [0, 0.1) is 0 Å². The number of carbonyl (C=O) groups excluding carboxylic acids is 2. The van der Waals surface area contributed by atoms with Crippen LogP contribution in [-0.2, 0) is 16.0 Å². The topological polar surface area (TPSA) is 79.8 Å². The largest absolute Gasteiger partial charge is 0.457 e. The predicted molar refractivity (Wildman–Crippen MR) is 113 cm³/mol. The second-order valence-corrected chi connectivity index (χ2v) is 6.19. The number of anilines is 1. The lowest BCUT2D eigenvalue weighted by Crippen LogP contribution is -2.32. The van der Waals surface area contributed by atoms with Crippen LogP contribution < -0.4 is 15.5 Å². The van der Waals surface area contributed by atoms with Crippen LogP contribution in [0.4, 0.5) is 5.69 Å². The SMILES string of the molecule is CCc1ccc(NC(=O)C(=O)NN=Cc2cccc(Oc3ccccc3)c2)cc1. The van der Waals surface area contributed by atoms with Gasteiger partial charge < -0.3 is 10.1 Å². The lowest BCUT2D eigenvalue weighted by atomic mass is 10.1. The molecule has 6 nitrogen and oxygen atoms in total. The van der Waals surface area contributed by atoms with Gasteiger partial charge in [-0.2, -0.15) is 5.10 Å². The summed E-state index contributed by atoms with van der Waals surface area (Å²) < 4.78 is 5.75. The summed E-state index contributed by atoms with van der Waals surface area (Å²) in [7, 11) is 0. The number of aryl methyl sites for hydroxylation is 1. The summed E-state index contributed by atoms with van der Waals surface area (Å²) in [6.07, 6.45) is 2.35. The van der Waals surface area contributed by atoms with Crippen LogP contribution in [0.5, 0.6) is 11.5 Å². The first-order valence-corrected chi connectivity index (χ1v) is 9.20. The molecule has 0 heterocycles. The normalized spacial score (nSPS) is 10.5. The van der Waals surface area contributed by atoms with E-state index < -0.39 is 11.8 Å². The van der Waals surface area contributed by atoms with Crippen LogP contribution in [-0.4, -0.2) is 18.0 Å². The van der Waals surface area contributed by atoms with Crippen molar-refractivity contribution >= 4 is 23.7 Å². The summed E-state index contributed by atoms with van der Waals surface area (Å²) in [5.41, 5.74) is 4.64. The molecular formula is C23H21N3O3. The van der Waals surface area contributed by atoms with Crippen molar-refractivity contribution in [2.45, 2.75) is 13.3 Å². The Labute approximate surface area is 169 Å². The molecule has 6 heteroatoms. The van der Waals surface area contributed by atoms with Gasteiger partial charge in [-0.3, -0.25) is 9.59 Å². The average Bonchev–Trinajstić information content (AvgIpc) is 2.75. The fourth-order valence-electron chi connectivity index (χ4n) is 2.51. The maximum absolute atomic E-state index is 11.9. The fourth-order valence-corrected chi connectivity index (χ4v) is 2.51. The summed E-state index contributed by atoms with van der Waals surface area (Å²) in [6, 6.07) is 23.9. The van der Waals surface area contributed by atoms with E-state index in [1.54, 1.807) is 18.2 Å². The fraction of sp³-hybridized carbons (Fsp3) is 0.0870. The smallest absolute Gasteiger partial charge is 0.329 e. The minimum absolute atomic E-state index is 0.553. The third-order valence-corrected chi connectivity index (χ3v) is 4.04. The molecule has 3 aromatic carbocycles. The molecular weight excluding hydrogens is 366 g/mol. The number of amides is 2. The maximum atomic E-state index is 11.9. The molecule has 0 aliphatic rings. The molecule has 0 saturated heterocycles. The number of rotatable bonds is 6. The predicted octanol–water partition coefficient (Wildman–Crippen LogP) is 4.13. The van der Waals surface area contributed by atoms with Crippen LogP contribution in [0.15, 0.2) is 84.0 Å². The molecule has 0 spiro atoms. The van der Waals surface area contributed by atoms with Gasteiger partial charge in [0.2, 0.25) is 0 Å². The first-order valence-electron chi connectivity index (χ1n) is 9.20. The van der Waals surface area contributed by atoms with Gasteiger partial charge >= 0.3 is 11.8 Å². The molecule has 0 bridgehead atoms.